The summed E-state index contributed by atoms with van der Waals surface area (Å²) in [7, 11) is 1.98. The summed E-state index contributed by atoms with van der Waals surface area (Å²) in [5.74, 6) is 0.347. The second kappa shape index (κ2) is 6.55. The highest BCUT2D eigenvalue weighted by atomic mass is 35.5. The van der Waals surface area contributed by atoms with E-state index < -0.39 is 0 Å². The molecule has 0 bridgehead atoms. The predicted molar refractivity (Wildman–Crippen MR) is 78.1 cm³/mol. The molecule has 1 amide bonds. The number of carbonyl (C=O) groups is 1. The highest BCUT2D eigenvalue weighted by Crippen LogP contribution is 2.19. The molecule has 1 heterocycles. The Balaban J connectivity index is 1.87. The maximum atomic E-state index is 13.7. The van der Waals surface area contributed by atoms with Crippen LogP contribution in [0.1, 0.15) is 18.9 Å². The lowest BCUT2D eigenvalue weighted by molar-refractivity contribution is -0.127. The van der Waals surface area contributed by atoms with Gasteiger partial charge in [-0.05, 0) is 31.5 Å². The number of likely N-dealkylation sites (tertiary alicyclic amines) is 1. The highest BCUT2D eigenvalue weighted by Gasteiger charge is 2.25. The van der Waals surface area contributed by atoms with Crippen LogP contribution in [0, 0.1) is 11.7 Å². The van der Waals surface area contributed by atoms with E-state index in [0.717, 1.165) is 26.1 Å². The quantitative estimate of drug-likeness (QED) is 0.853. The van der Waals surface area contributed by atoms with Crippen molar-refractivity contribution in [1.82, 2.24) is 9.80 Å². The molecule has 1 fully saturated rings. The molecule has 20 heavy (non-hydrogen) atoms. The van der Waals surface area contributed by atoms with E-state index in [1.165, 1.54) is 6.07 Å². The maximum absolute atomic E-state index is 13.7. The molecule has 5 heteroatoms. The number of benzene rings is 1. The lowest BCUT2D eigenvalue weighted by Gasteiger charge is -2.21. The fourth-order valence-corrected chi connectivity index (χ4v) is 2.87. The Morgan fingerprint density at radius 3 is 2.90 bits per heavy atom. The SMILES string of the molecule is CC(=O)N1CCC(CN(C)Cc2ccc(Cl)cc2F)C1. The smallest absolute Gasteiger partial charge is 0.219 e. The highest BCUT2D eigenvalue weighted by molar-refractivity contribution is 6.30. The van der Waals surface area contributed by atoms with Crippen molar-refractivity contribution in [1.29, 1.82) is 0 Å². The minimum atomic E-state index is -0.263. The van der Waals surface area contributed by atoms with Crippen LogP contribution >= 0.6 is 11.6 Å². The van der Waals surface area contributed by atoms with Gasteiger partial charge in [0, 0.05) is 43.7 Å². The van der Waals surface area contributed by atoms with Crippen LogP contribution in [0.3, 0.4) is 0 Å². The Kier molecular flexibility index (Phi) is 5.00. The first-order valence-electron chi connectivity index (χ1n) is 6.83. The molecule has 110 valence electrons. The molecule has 1 aromatic carbocycles. The normalized spacial score (nSPS) is 18.9. The van der Waals surface area contributed by atoms with Gasteiger partial charge in [0.2, 0.25) is 5.91 Å². The molecule has 1 saturated heterocycles. The van der Waals surface area contributed by atoms with E-state index in [9.17, 15) is 9.18 Å². The van der Waals surface area contributed by atoms with Crippen LogP contribution in [-0.2, 0) is 11.3 Å². The van der Waals surface area contributed by atoms with Gasteiger partial charge in [-0.1, -0.05) is 17.7 Å². The topological polar surface area (TPSA) is 23.6 Å². The van der Waals surface area contributed by atoms with E-state index in [1.807, 2.05) is 11.9 Å². The lowest BCUT2D eigenvalue weighted by atomic mass is 10.1. The van der Waals surface area contributed by atoms with E-state index in [2.05, 4.69) is 4.90 Å². The van der Waals surface area contributed by atoms with E-state index in [4.69, 9.17) is 11.6 Å². The van der Waals surface area contributed by atoms with Crippen molar-refractivity contribution in [2.45, 2.75) is 19.9 Å². The van der Waals surface area contributed by atoms with Crippen LogP contribution < -0.4 is 0 Å². The van der Waals surface area contributed by atoms with Gasteiger partial charge in [0.15, 0.2) is 0 Å². The van der Waals surface area contributed by atoms with E-state index >= 15 is 0 Å². The zero-order valence-electron chi connectivity index (χ0n) is 11.9. The summed E-state index contributed by atoms with van der Waals surface area (Å²) in [4.78, 5) is 15.3. The zero-order valence-corrected chi connectivity index (χ0v) is 12.7. The molecular formula is C15H20ClFN2O. The summed E-state index contributed by atoms with van der Waals surface area (Å²) >= 11 is 5.75. The minimum absolute atomic E-state index is 0.138. The van der Waals surface area contributed by atoms with E-state index in [0.29, 0.717) is 23.0 Å². The van der Waals surface area contributed by atoms with Crippen LogP contribution in [0.2, 0.25) is 5.02 Å². The third-order valence-corrected chi connectivity index (χ3v) is 3.99. The fraction of sp³-hybridized carbons (Fsp3) is 0.533. The van der Waals surface area contributed by atoms with E-state index in [-0.39, 0.29) is 11.7 Å². The van der Waals surface area contributed by atoms with Gasteiger partial charge >= 0.3 is 0 Å². The van der Waals surface area contributed by atoms with Gasteiger partial charge in [-0.3, -0.25) is 4.79 Å². The third kappa shape index (κ3) is 3.93. The molecule has 0 aliphatic carbocycles. The van der Waals surface area contributed by atoms with E-state index in [1.54, 1.807) is 19.1 Å². The van der Waals surface area contributed by atoms with Crippen LogP contribution in [0.5, 0.6) is 0 Å². The summed E-state index contributed by atoms with van der Waals surface area (Å²) < 4.78 is 13.7. The lowest BCUT2D eigenvalue weighted by Crippen LogP contribution is -2.30. The number of nitrogens with zero attached hydrogens (tertiary/aromatic N) is 2. The predicted octanol–water partition coefficient (Wildman–Crippen LogP) is 2.78. The van der Waals surface area contributed by atoms with Gasteiger partial charge < -0.3 is 9.80 Å². The minimum Gasteiger partial charge on any atom is -0.343 e. The molecule has 1 aliphatic rings. The van der Waals surface area contributed by atoms with Crippen molar-refractivity contribution < 1.29 is 9.18 Å². The van der Waals surface area contributed by atoms with Crippen LogP contribution in [0.4, 0.5) is 4.39 Å². The van der Waals surface area contributed by atoms with Gasteiger partial charge in [0.05, 0.1) is 0 Å². The summed E-state index contributed by atoms with van der Waals surface area (Å²) in [5, 5.41) is 0.418. The van der Waals surface area contributed by atoms with Gasteiger partial charge in [0.1, 0.15) is 5.82 Å². The standard InChI is InChI=1S/C15H20ClFN2O/c1-11(20)19-6-5-12(9-19)8-18(2)10-13-3-4-14(16)7-15(13)17/h3-4,7,12H,5-6,8-10H2,1-2H3. The van der Waals surface area contributed by atoms with Crippen molar-refractivity contribution in [2.75, 3.05) is 26.7 Å². The van der Waals surface area contributed by atoms with Gasteiger partial charge in [-0.25, -0.2) is 4.39 Å². The molecule has 1 unspecified atom stereocenters. The monoisotopic (exact) mass is 298 g/mol. The second-order valence-electron chi connectivity index (χ2n) is 5.55. The Morgan fingerprint density at radius 1 is 1.55 bits per heavy atom. The van der Waals surface area contributed by atoms with Crippen LogP contribution in [0.15, 0.2) is 18.2 Å². The Hall–Kier alpha value is -1.13. The molecular weight excluding hydrogens is 279 g/mol. The fourth-order valence-electron chi connectivity index (χ4n) is 2.71. The van der Waals surface area contributed by atoms with Crippen molar-refractivity contribution in [3.05, 3.63) is 34.6 Å². The molecule has 0 saturated carbocycles. The van der Waals surface area contributed by atoms with Crippen LogP contribution in [0.25, 0.3) is 0 Å². The van der Waals surface area contributed by atoms with Crippen molar-refractivity contribution in [3.63, 3.8) is 0 Å². The molecule has 0 aromatic heterocycles. The number of rotatable bonds is 4. The molecule has 0 N–H and O–H groups in total. The Labute approximate surface area is 124 Å². The number of amides is 1. The summed E-state index contributed by atoms with van der Waals surface area (Å²) in [6.45, 7) is 4.67. The van der Waals surface area contributed by atoms with Gasteiger partial charge in [-0.15, -0.1) is 0 Å². The summed E-state index contributed by atoms with van der Waals surface area (Å²) in [6.07, 6.45) is 1.02. The first-order valence-corrected chi connectivity index (χ1v) is 7.21. The molecule has 1 aliphatic heterocycles. The van der Waals surface area contributed by atoms with Crippen LogP contribution in [-0.4, -0.2) is 42.4 Å². The maximum Gasteiger partial charge on any atom is 0.219 e. The first-order chi connectivity index (χ1) is 9.45. The van der Waals surface area contributed by atoms with Gasteiger partial charge in [0.25, 0.3) is 0 Å². The first kappa shape index (κ1) is 15.3. The van der Waals surface area contributed by atoms with Gasteiger partial charge in [-0.2, -0.15) is 0 Å². The average Bonchev–Trinajstić information content (AvgIpc) is 2.81. The number of hydrogen-bond acceptors (Lipinski definition) is 2. The van der Waals surface area contributed by atoms with Crippen molar-refractivity contribution >= 4 is 17.5 Å². The molecule has 1 aromatic rings. The second-order valence-corrected chi connectivity index (χ2v) is 5.99. The number of halogens is 2. The average molecular weight is 299 g/mol. The number of hydrogen-bond donors (Lipinski definition) is 0. The molecule has 1 atom stereocenters. The Morgan fingerprint density at radius 2 is 2.30 bits per heavy atom. The van der Waals surface area contributed by atoms with Crippen molar-refractivity contribution in [2.24, 2.45) is 5.92 Å². The van der Waals surface area contributed by atoms with Crippen molar-refractivity contribution in [3.8, 4) is 0 Å². The third-order valence-electron chi connectivity index (χ3n) is 3.76. The summed E-state index contributed by atoms with van der Waals surface area (Å²) in [6, 6.07) is 4.78. The Bertz CT molecular complexity index is 495. The molecule has 3 nitrogen and oxygen atoms in total. The number of carbonyl (C=O) groups excluding carboxylic acids is 1. The summed E-state index contributed by atoms with van der Waals surface area (Å²) in [5.41, 5.74) is 0.651. The largest absolute Gasteiger partial charge is 0.343 e. The molecule has 0 spiro atoms. The molecule has 2 rings (SSSR count). The molecule has 0 radical (unpaired) electrons. The zero-order chi connectivity index (χ0) is 14.7.